The third kappa shape index (κ3) is 13.8. The minimum atomic E-state index is -1.63. The minimum absolute atomic E-state index is 0.0549. The SMILES string of the molecule is CSCCC(NC(=O)C(CCC(=O)O)NC(=O)C(N)CCC(N)=O)C(=O)NC(CC(N)=O)C(=O)O. The molecule has 0 aromatic rings. The minimum Gasteiger partial charge on any atom is -0.481 e. The number of carboxylic acids is 2. The number of carbonyl (C=O) groups is 7. The summed E-state index contributed by atoms with van der Waals surface area (Å²) in [6.45, 7) is 0. The highest BCUT2D eigenvalue weighted by Gasteiger charge is 2.31. The first-order valence-electron chi connectivity index (χ1n) is 10.4. The van der Waals surface area contributed by atoms with Gasteiger partial charge in [-0.1, -0.05) is 0 Å². The van der Waals surface area contributed by atoms with E-state index in [4.69, 9.17) is 22.3 Å². The normalized spacial score (nSPS) is 14.0. The molecule has 0 saturated carbocycles. The number of amides is 5. The monoisotopic (exact) mass is 520 g/mol. The number of primary amides is 2. The number of carbonyl (C=O) groups excluding carboxylic acids is 5. The van der Waals surface area contributed by atoms with Gasteiger partial charge in [-0.3, -0.25) is 28.8 Å². The Balaban J connectivity index is 5.53. The second kappa shape index (κ2) is 16.3. The Hall–Kier alpha value is -3.40. The van der Waals surface area contributed by atoms with Crippen molar-refractivity contribution in [3.05, 3.63) is 0 Å². The second-order valence-electron chi connectivity index (χ2n) is 7.52. The van der Waals surface area contributed by atoms with E-state index in [-0.39, 0.29) is 25.7 Å². The van der Waals surface area contributed by atoms with Crippen molar-refractivity contribution in [1.82, 2.24) is 16.0 Å². The predicted octanol–water partition coefficient (Wildman–Crippen LogP) is -3.39. The lowest BCUT2D eigenvalue weighted by Crippen LogP contribution is -2.57. The Kier molecular flexibility index (Phi) is 14.7. The van der Waals surface area contributed by atoms with E-state index in [1.54, 1.807) is 6.26 Å². The lowest BCUT2D eigenvalue weighted by atomic mass is 10.1. The van der Waals surface area contributed by atoms with Gasteiger partial charge >= 0.3 is 11.9 Å². The van der Waals surface area contributed by atoms with Gasteiger partial charge in [0, 0.05) is 12.8 Å². The summed E-state index contributed by atoms with van der Waals surface area (Å²) in [5, 5.41) is 25.0. The van der Waals surface area contributed by atoms with Crippen LogP contribution >= 0.6 is 11.8 Å². The molecule has 0 saturated heterocycles. The third-order valence-electron chi connectivity index (χ3n) is 4.58. The molecule has 4 unspecified atom stereocenters. The molecule has 0 rings (SSSR count). The molecule has 0 fully saturated rings. The topological polar surface area (TPSA) is 274 Å². The largest absolute Gasteiger partial charge is 0.481 e. The Morgan fingerprint density at radius 1 is 0.743 bits per heavy atom. The van der Waals surface area contributed by atoms with Crippen molar-refractivity contribution in [3.63, 3.8) is 0 Å². The van der Waals surface area contributed by atoms with Crippen molar-refractivity contribution >= 4 is 53.2 Å². The van der Waals surface area contributed by atoms with Crippen molar-refractivity contribution < 1.29 is 43.8 Å². The Labute approximate surface area is 205 Å². The summed E-state index contributed by atoms with van der Waals surface area (Å²) in [5.74, 6) is -6.71. The van der Waals surface area contributed by atoms with E-state index in [0.29, 0.717) is 5.75 Å². The maximum Gasteiger partial charge on any atom is 0.326 e. The molecule has 16 heteroatoms. The van der Waals surface area contributed by atoms with E-state index in [2.05, 4.69) is 16.0 Å². The summed E-state index contributed by atoms with van der Waals surface area (Å²) in [5.41, 5.74) is 15.7. The van der Waals surface area contributed by atoms with Crippen LogP contribution in [0.2, 0.25) is 0 Å². The van der Waals surface area contributed by atoms with Crippen LogP contribution in [0, 0.1) is 0 Å². The van der Waals surface area contributed by atoms with Gasteiger partial charge in [-0.25, -0.2) is 4.79 Å². The van der Waals surface area contributed by atoms with E-state index < -0.39 is 78.5 Å². The van der Waals surface area contributed by atoms with Gasteiger partial charge < -0.3 is 43.4 Å². The fourth-order valence-corrected chi connectivity index (χ4v) is 3.17. The van der Waals surface area contributed by atoms with Gasteiger partial charge in [-0.15, -0.1) is 0 Å². The molecule has 0 spiro atoms. The first-order valence-corrected chi connectivity index (χ1v) is 11.8. The molecule has 11 N–H and O–H groups in total. The van der Waals surface area contributed by atoms with Gasteiger partial charge in [0.2, 0.25) is 29.5 Å². The summed E-state index contributed by atoms with van der Waals surface area (Å²) < 4.78 is 0. The van der Waals surface area contributed by atoms with Crippen molar-refractivity contribution in [2.75, 3.05) is 12.0 Å². The zero-order valence-corrected chi connectivity index (χ0v) is 20.0. The molecule has 35 heavy (non-hydrogen) atoms. The molecule has 0 radical (unpaired) electrons. The van der Waals surface area contributed by atoms with E-state index >= 15 is 0 Å². The second-order valence-corrected chi connectivity index (χ2v) is 8.50. The van der Waals surface area contributed by atoms with Crippen molar-refractivity contribution in [3.8, 4) is 0 Å². The molecular weight excluding hydrogens is 488 g/mol. The molecule has 5 amide bonds. The number of rotatable bonds is 18. The highest BCUT2D eigenvalue weighted by Crippen LogP contribution is 2.06. The summed E-state index contributed by atoms with van der Waals surface area (Å²) in [6.07, 6.45) is -0.0311. The first-order chi connectivity index (χ1) is 16.3. The fraction of sp³-hybridized carbons (Fsp3) is 0.632. The number of nitrogens with two attached hydrogens (primary N) is 3. The number of thioether (sulfide) groups is 1. The van der Waals surface area contributed by atoms with Gasteiger partial charge in [0.1, 0.15) is 18.1 Å². The first kappa shape index (κ1) is 31.6. The maximum absolute atomic E-state index is 12.8. The molecule has 0 heterocycles. The van der Waals surface area contributed by atoms with Crippen LogP contribution < -0.4 is 33.2 Å². The van der Waals surface area contributed by atoms with Crippen LogP contribution in [0.3, 0.4) is 0 Å². The summed E-state index contributed by atoms with van der Waals surface area (Å²) in [4.78, 5) is 82.1. The molecule has 0 aliphatic heterocycles. The average Bonchev–Trinajstić information content (AvgIpc) is 2.76. The highest BCUT2D eigenvalue weighted by molar-refractivity contribution is 7.98. The van der Waals surface area contributed by atoms with Crippen LogP contribution in [-0.4, -0.2) is 87.9 Å². The third-order valence-corrected chi connectivity index (χ3v) is 5.23. The van der Waals surface area contributed by atoms with Gasteiger partial charge in [0.15, 0.2) is 0 Å². The summed E-state index contributed by atoms with van der Waals surface area (Å²) >= 11 is 1.33. The lowest BCUT2D eigenvalue weighted by molar-refractivity contribution is -0.143. The summed E-state index contributed by atoms with van der Waals surface area (Å²) in [6, 6.07) is -5.50. The van der Waals surface area contributed by atoms with E-state index in [9.17, 15) is 38.7 Å². The van der Waals surface area contributed by atoms with Crippen molar-refractivity contribution in [1.29, 1.82) is 0 Å². The Morgan fingerprint density at radius 3 is 1.71 bits per heavy atom. The van der Waals surface area contributed by atoms with Gasteiger partial charge in [-0.2, -0.15) is 11.8 Å². The summed E-state index contributed by atoms with van der Waals surface area (Å²) in [7, 11) is 0. The smallest absolute Gasteiger partial charge is 0.326 e. The van der Waals surface area contributed by atoms with Crippen LogP contribution in [-0.2, 0) is 33.6 Å². The number of aliphatic carboxylic acids is 2. The quantitative estimate of drug-likeness (QED) is 0.0882. The van der Waals surface area contributed by atoms with E-state index in [0.717, 1.165) is 0 Å². The molecular formula is C19H32N6O9S. The zero-order chi connectivity index (χ0) is 27.1. The molecule has 0 aliphatic rings. The van der Waals surface area contributed by atoms with Gasteiger partial charge in [-0.05, 0) is 31.3 Å². The molecule has 0 bridgehead atoms. The average molecular weight is 521 g/mol. The molecule has 198 valence electrons. The Bertz CT molecular complexity index is 810. The van der Waals surface area contributed by atoms with Crippen LogP contribution in [0.25, 0.3) is 0 Å². The number of nitrogens with one attached hydrogen (secondary N) is 3. The van der Waals surface area contributed by atoms with E-state index in [1.165, 1.54) is 11.8 Å². The maximum atomic E-state index is 12.8. The van der Waals surface area contributed by atoms with Gasteiger partial charge in [0.05, 0.1) is 12.5 Å². The van der Waals surface area contributed by atoms with Crippen molar-refractivity contribution in [2.24, 2.45) is 17.2 Å². The fourth-order valence-electron chi connectivity index (χ4n) is 2.69. The highest BCUT2D eigenvalue weighted by atomic mass is 32.2. The molecule has 0 aromatic carbocycles. The van der Waals surface area contributed by atoms with Crippen LogP contribution in [0.15, 0.2) is 0 Å². The van der Waals surface area contributed by atoms with Crippen LogP contribution in [0.1, 0.15) is 38.5 Å². The Morgan fingerprint density at radius 2 is 1.26 bits per heavy atom. The number of carboxylic acid groups (broad SMARTS) is 2. The standard InChI is InChI=1S/C19H32N6O9S/c1-35-7-6-11(18(32)25-12(19(33)34)8-14(22)27)24-17(31)10(3-5-15(28)29)23-16(30)9(20)2-4-13(21)26/h9-12H,2-8,20H2,1H3,(H2,21,26)(H2,22,27)(H,23,30)(H,24,31)(H,25,32)(H,28,29)(H,33,34). The molecule has 0 aliphatic carbocycles. The lowest BCUT2D eigenvalue weighted by Gasteiger charge is -2.25. The van der Waals surface area contributed by atoms with Crippen molar-refractivity contribution in [2.45, 2.75) is 62.7 Å². The van der Waals surface area contributed by atoms with Gasteiger partial charge in [0.25, 0.3) is 0 Å². The molecule has 15 nitrogen and oxygen atoms in total. The molecule has 4 atom stereocenters. The molecule has 0 aromatic heterocycles. The van der Waals surface area contributed by atoms with Crippen LogP contribution in [0.5, 0.6) is 0 Å². The van der Waals surface area contributed by atoms with E-state index in [1.807, 2.05) is 0 Å². The number of hydrogen-bond acceptors (Lipinski definition) is 9. The van der Waals surface area contributed by atoms with Crippen LogP contribution in [0.4, 0.5) is 0 Å². The predicted molar refractivity (Wildman–Crippen MR) is 124 cm³/mol. The zero-order valence-electron chi connectivity index (χ0n) is 19.2. The number of hydrogen-bond donors (Lipinski definition) is 8.